The molecule has 0 bridgehead atoms. The van der Waals surface area contributed by atoms with Crippen molar-refractivity contribution in [2.24, 2.45) is 5.73 Å². The monoisotopic (exact) mass is 305 g/mol. The van der Waals surface area contributed by atoms with Crippen LogP contribution in [0.2, 0.25) is 0 Å². The summed E-state index contributed by atoms with van der Waals surface area (Å²) in [5.41, 5.74) is 6.63. The Morgan fingerprint density at radius 3 is 2.57 bits per heavy atom. The first-order valence-corrected chi connectivity index (χ1v) is 8.28. The van der Waals surface area contributed by atoms with Gasteiger partial charge in [0.05, 0.1) is 11.7 Å². The largest absolute Gasteiger partial charge is 0.491 e. The molecule has 1 aromatic rings. The third kappa shape index (κ3) is 3.55. The smallest absolute Gasteiger partial charge is 0.119 e. The number of thiocarbonyl (C=S) groups is 1. The molecule has 114 valence electrons. The van der Waals surface area contributed by atoms with E-state index in [1.165, 1.54) is 38.5 Å². The molecule has 1 aromatic carbocycles. The highest BCUT2D eigenvalue weighted by molar-refractivity contribution is 7.80. The van der Waals surface area contributed by atoms with Crippen molar-refractivity contribution >= 4 is 17.2 Å². The van der Waals surface area contributed by atoms with Crippen LogP contribution in [-0.4, -0.2) is 23.3 Å². The summed E-state index contributed by atoms with van der Waals surface area (Å²) in [6.45, 7) is 0.633. The summed E-state index contributed by atoms with van der Waals surface area (Å²) < 4.78 is 12.2. The lowest BCUT2D eigenvalue weighted by atomic mass is 9.83. The van der Waals surface area contributed by atoms with Gasteiger partial charge in [-0.15, -0.1) is 0 Å². The van der Waals surface area contributed by atoms with Gasteiger partial charge in [0.25, 0.3) is 0 Å². The highest BCUT2D eigenvalue weighted by Crippen LogP contribution is 2.41. The van der Waals surface area contributed by atoms with Crippen LogP contribution in [0.5, 0.6) is 5.75 Å². The number of hydrogen-bond acceptors (Lipinski definition) is 3. The maximum atomic E-state index is 6.31. The fraction of sp³-hybridized carbons (Fsp3) is 0.588. The van der Waals surface area contributed by atoms with E-state index in [1.54, 1.807) is 0 Å². The fourth-order valence-electron chi connectivity index (χ4n) is 3.48. The van der Waals surface area contributed by atoms with E-state index in [0.29, 0.717) is 11.6 Å². The predicted molar refractivity (Wildman–Crippen MR) is 87.7 cm³/mol. The first-order chi connectivity index (χ1) is 10.2. The highest BCUT2D eigenvalue weighted by atomic mass is 32.1. The zero-order valence-corrected chi connectivity index (χ0v) is 13.2. The summed E-state index contributed by atoms with van der Waals surface area (Å²) in [4.78, 5) is 0.417. The van der Waals surface area contributed by atoms with Gasteiger partial charge in [0, 0.05) is 5.56 Å². The van der Waals surface area contributed by atoms with E-state index in [0.717, 1.165) is 17.7 Å². The maximum absolute atomic E-state index is 6.31. The molecule has 0 aromatic heterocycles. The Hall–Kier alpha value is -1.13. The average Bonchev–Trinajstić information content (AvgIpc) is 2.89. The van der Waals surface area contributed by atoms with Crippen LogP contribution in [0.1, 0.15) is 50.5 Å². The molecule has 0 amide bonds. The van der Waals surface area contributed by atoms with Gasteiger partial charge in [-0.2, -0.15) is 0 Å². The number of ether oxygens (including phenoxy) is 2. The summed E-state index contributed by atoms with van der Waals surface area (Å²) in [5.74, 6) is 0.850. The van der Waals surface area contributed by atoms with Crippen molar-refractivity contribution in [1.82, 2.24) is 0 Å². The molecule has 2 N–H and O–H groups in total. The van der Waals surface area contributed by atoms with Crippen molar-refractivity contribution in [2.75, 3.05) is 6.61 Å². The molecule has 1 unspecified atom stereocenters. The molecule has 4 heteroatoms. The van der Waals surface area contributed by atoms with Gasteiger partial charge in [-0.05, 0) is 49.9 Å². The number of nitrogens with two attached hydrogens (primary N) is 1. The maximum Gasteiger partial charge on any atom is 0.119 e. The molecule has 21 heavy (non-hydrogen) atoms. The topological polar surface area (TPSA) is 44.5 Å². The van der Waals surface area contributed by atoms with Gasteiger partial charge >= 0.3 is 0 Å². The third-order valence-electron chi connectivity index (χ3n) is 4.68. The van der Waals surface area contributed by atoms with E-state index in [1.807, 2.05) is 24.3 Å². The van der Waals surface area contributed by atoms with Gasteiger partial charge in [-0.3, -0.25) is 0 Å². The normalized spacial score (nSPS) is 24.1. The molecule has 1 saturated carbocycles. The first-order valence-electron chi connectivity index (χ1n) is 7.87. The molecule has 0 radical (unpaired) electrons. The van der Waals surface area contributed by atoms with E-state index in [-0.39, 0.29) is 11.7 Å². The van der Waals surface area contributed by atoms with Crippen LogP contribution >= 0.6 is 12.2 Å². The quantitative estimate of drug-likeness (QED) is 0.864. The Morgan fingerprint density at radius 1 is 1.19 bits per heavy atom. The first kappa shape index (κ1) is 14.8. The molecule has 1 heterocycles. The molecule has 1 spiro atoms. The minimum atomic E-state index is 0.169. The number of rotatable bonds is 4. The van der Waals surface area contributed by atoms with Crippen LogP contribution in [0.3, 0.4) is 0 Å². The van der Waals surface area contributed by atoms with Crippen molar-refractivity contribution in [3.63, 3.8) is 0 Å². The van der Waals surface area contributed by atoms with Crippen molar-refractivity contribution in [3.05, 3.63) is 29.8 Å². The van der Waals surface area contributed by atoms with E-state index in [2.05, 4.69) is 0 Å². The van der Waals surface area contributed by atoms with Crippen LogP contribution < -0.4 is 10.5 Å². The summed E-state index contributed by atoms with van der Waals surface area (Å²) in [5, 5.41) is 0. The van der Waals surface area contributed by atoms with Crippen molar-refractivity contribution in [2.45, 2.75) is 56.7 Å². The van der Waals surface area contributed by atoms with Crippen molar-refractivity contribution < 1.29 is 9.47 Å². The lowest BCUT2D eigenvalue weighted by Gasteiger charge is -2.33. The second-order valence-corrected chi connectivity index (χ2v) is 6.66. The lowest BCUT2D eigenvalue weighted by Crippen LogP contribution is -2.32. The van der Waals surface area contributed by atoms with Crippen LogP contribution in [0.25, 0.3) is 0 Å². The molecule has 1 aliphatic heterocycles. The van der Waals surface area contributed by atoms with Crippen LogP contribution in [0.15, 0.2) is 24.3 Å². The van der Waals surface area contributed by atoms with Gasteiger partial charge < -0.3 is 15.2 Å². The molecule has 1 atom stereocenters. The van der Waals surface area contributed by atoms with E-state index < -0.39 is 0 Å². The second-order valence-electron chi connectivity index (χ2n) is 6.22. The Labute approximate surface area is 131 Å². The van der Waals surface area contributed by atoms with Crippen molar-refractivity contribution in [3.8, 4) is 5.75 Å². The number of benzene rings is 1. The standard InChI is InChI=1S/C17H23NO2S/c18-16(21)13-4-6-14(7-5-13)19-12-15-8-11-17(20-15)9-2-1-3-10-17/h4-7,15H,1-3,8-12H2,(H2,18,21). The zero-order chi connectivity index (χ0) is 14.7. The molecule has 1 aliphatic carbocycles. The Kier molecular flexibility index (Phi) is 4.45. The molecule has 2 fully saturated rings. The minimum Gasteiger partial charge on any atom is -0.491 e. The van der Waals surface area contributed by atoms with Gasteiger partial charge in [-0.1, -0.05) is 31.5 Å². The molecule has 1 saturated heterocycles. The molecule has 3 nitrogen and oxygen atoms in total. The molecule has 2 aliphatic rings. The van der Waals surface area contributed by atoms with Crippen LogP contribution in [-0.2, 0) is 4.74 Å². The van der Waals surface area contributed by atoms with Gasteiger partial charge in [-0.25, -0.2) is 0 Å². The van der Waals surface area contributed by atoms with Crippen LogP contribution in [0, 0.1) is 0 Å². The number of hydrogen-bond donors (Lipinski definition) is 1. The summed E-state index contributed by atoms with van der Waals surface area (Å²) in [7, 11) is 0. The minimum absolute atomic E-state index is 0.169. The lowest BCUT2D eigenvalue weighted by molar-refractivity contribution is -0.0748. The molecular formula is C17H23NO2S. The molecular weight excluding hydrogens is 282 g/mol. The molecule has 3 rings (SSSR count). The Balaban J connectivity index is 1.50. The Morgan fingerprint density at radius 2 is 1.90 bits per heavy atom. The zero-order valence-electron chi connectivity index (χ0n) is 12.3. The third-order valence-corrected chi connectivity index (χ3v) is 4.91. The van der Waals surface area contributed by atoms with Gasteiger partial charge in [0.2, 0.25) is 0 Å². The summed E-state index contributed by atoms with van der Waals surface area (Å²) >= 11 is 4.94. The predicted octanol–water partition coefficient (Wildman–Crippen LogP) is 3.58. The summed E-state index contributed by atoms with van der Waals surface area (Å²) in [6.07, 6.45) is 8.99. The summed E-state index contributed by atoms with van der Waals surface area (Å²) in [6, 6.07) is 7.63. The van der Waals surface area contributed by atoms with Gasteiger partial charge in [0.15, 0.2) is 0 Å². The van der Waals surface area contributed by atoms with E-state index in [4.69, 9.17) is 27.4 Å². The average molecular weight is 305 g/mol. The fourth-order valence-corrected chi connectivity index (χ4v) is 3.62. The van der Waals surface area contributed by atoms with Crippen LogP contribution in [0.4, 0.5) is 0 Å². The second kappa shape index (κ2) is 6.32. The highest BCUT2D eigenvalue weighted by Gasteiger charge is 2.40. The van der Waals surface area contributed by atoms with E-state index >= 15 is 0 Å². The SMILES string of the molecule is NC(=S)c1ccc(OCC2CCC3(CCCCC3)O2)cc1. The van der Waals surface area contributed by atoms with Crippen molar-refractivity contribution in [1.29, 1.82) is 0 Å². The Bertz CT molecular complexity index is 494. The van der Waals surface area contributed by atoms with Gasteiger partial charge in [0.1, 0.15) is 17.3 Å². The van der Waals surface area contributed by atoms with E-state index in [9.17, 15) is 0 Å².